The van der Waals surface area contributed by atoms with Crippen molar-refractivity contribution in [3.8, 4) is 5.75 Å². The fourth-order valence-corrected chi connectivity index (χ4v) is 2.00. The van der Waals surface area contributed by atoms with E-state index < -0.39 is 0 Å². The molecule has 0 heterocycles. The third-order valence-electron chi connectivity index (χ3n) is 2.81. The van der Waals surface area contributed by atoms with E-state index in [9.17, 15) is 0 Å². The van der Waals surface area contributed by atoms with Gasteiger partial charge in [0.2, 0.25) is 0 Å². The molecule has 0 fully saturated rings. The molecule has 18 heavy (non-hydrogen) atoms. The fraction of sp³-hybridized carbons (Fsp3) is 0.600. The molecule has 1 rings (SSSR count). The molecule has 0 bridgehead atoms. The number of rotatable bonds is 8. The second-order valence-corrected chi connectivity index (χ2v) is 5.29. The van der Waals surface area contributed by atoms with Crippen LogP contribution < -0.4 is 10.1 Å². The van der Waals surface area contributed by atoms with Crippen LogP contribution in [0.3, 0.4) is 0 Å². The molecule has 0 amide bonds. The summed E-state index contributed by atoms with van der Waals surface area (Å²) in [5.74, 6) is 1.64. The standard InChI is InChI=1S/C15H24ClNO/c1-4-17-11-13-14(16)8-5-9-15(13)18-10-6-7-12(2)3/h5,8-9,12,17H,4,6-7,10-11H2,1-3H3. The molecule has 0 spiro atoms. The van der Waals surface area contributed by atoms with Gasteiger partial charge in [0.25, 0.3) is 0 Å². The highest BCUT2D eigenvalue weighted by molar-refractivity contribution is 6.31. The Morgan fingerprint density at radius 2 is 2.11 bits per heavy atom. The van der Waals surface area contributed by atoms with Gasteiger partial charge in [0.15, 0.2) is 0 Å². The van der Waals surface area contributed by atoms with Gasteiger partial charge in [-0.15, -0.1) is 0 Å². The van der Waals surface area contributed by atoms with E-state index in [1.165, 1.54) is 6.42 Å². The maximum atomic E-state index is 6.21. The zero-order valence-corrected chi connectivity index (χ0v) is 12.4. The molecule has 1 aromatic rings. The average molecular weight is 270 g/mol. The molecule has 0 aliphatic heterocycles. The third kappa shape index (κ3) is 5.28. The van der Waals surface area contributed by atoms with Crippen molar-refractivity contribution < 1.29 is 4.74 Å². The molecule has 1 aromatic carbocycles. The van der Waals surface area contributed by atoms with Crippen molar-refractivity contribution in [1.29, 1.82) is 0 Å². The second-order valence-electron chi connectivity index (χ2n) is 4.88. The lowest BCUT2D eigenvalue weighted by Crippen LogP contribution is -2.13. The fourth-order valence-electron chi connectivity index (χ4n) is 1.77. The van der Waals surface area contributed by atoms with Gasteiger partial charge < -0.3 is 10.1 Å². The molecule has 0 radical (unpaired) electrons. The van der Waals surface area contributed by atoms with Gasteiger partial charge in [0.05, 0.1) is 6.61 Å². The summed E-state index contributed by atoms with van der Waals surface area (Å²) in [4.78, 5) is 0. The molecule has 3 heteroatoms. The number of ether oxygens (including phenoxy) is 1. The normalized spacial score (nSPS) is 10.9. The van der Waals surface area contributed by atoms with E-state index in [1.807, 2.05) is 18.2 Å². The van der Waals surface area contributed by atoms with Crippen molar-refractivity contribution in [2.24, 2.45) is 5.92 Å². The van der Waals surface area contributed by atoms with Gasteiger partial charge in [-0.1, -0.05) is 38.4 Å². The quantitative estimate of drug-likeness (QED) is 0.712. The van der Waals surface area contributed by atoms with Crippen molar-refractivity contribution in [3.63, 3.8) is 0 Å². The summed E-state index contributed by atoms with van der Waals surface area (Å²) < 4.78 is 5.84. The molecule has 0 unspecified atom stereocenters. The minimum Gasteiger partial charge on any atom is -0.493 e. The van der Waals surface area contributed by atoms with Gasteiger partial charge in [-0.3, -0.25) is 0 Å². The van der Waals surface area contributed by atoms with Crippen LogP contribution in [0.4, 0.5) is 0 Å². The number of benzene rings is 1. The first-order chi connectivity index (χ1) is 8.65. The molecule has 102 valence electrons. The largest absolute Gasteiger partial charge is 0.493 e. The Balaban J connectivity index is 2.55. The topological polar surface area (TPSA) is 21.3 Å². The van der Waals surface area contributed by atoms with Gasteiger partial charge in [-0.25, -0.2) is 0 Å². The zero-order chi connectivity index (χ0) is 13.4. The van der Waals surface area contributed by atoms with Gasteiger partial charge in [-0.2, -0.15) is 0 Å². The summed E-state index contributed by atoms with van der Waals surface area (Å²) >= 11 is 6.21. The molecular weight excluding hydrogens is 246 g/mol. The van der Waals surface area contributed by atoms with Crippen LogP contribution in [0.2, 0.25) is 5.02 Å². The molecule has 0 aliphatic carbocycles. The van der Waals surface area contributed by atoms with E-state index in [0.29, 0.717) is 0 Å². The highest BCUT2D eigenvalue weighted by Gasteiger charge is 2.07. The number of halogens is 1. The molecule has 2 nitrogen and oxygen atoms in total. The Kier molecular flexibility index (Phi) is 7.14. The number of hydrogen-bond donors (Lipinski definition) is 1. The SMILES string of the molecule is CCNCc1c(Cl)cccc1OCCCC(C)C. The summed E-state index contributed by atoms with van der Waals surface area (Å²) in [5, 5.41) is 4.07. The first-order valence-corrected chi connectivity index (χ1v) is 7.13. The predicted molar refractivity (Wildman–Crippen MR) is 78.4 cm³/mol. The van der Waals surface area contributed by atoms with Crippen LogP contribution in [-0.2, 0) is 6.54 Å². The van der Waals surface area contributed by atoms with Crippen LogP contribution in [0.5, 0.6) is 5.75 Å². The minimum atomic E-state index is 0.731. The van der Waals surface area contributed by atoms with Crippen LogP contribution >= 0.6 is 11.6 Å². The zero-order valence-electron chi connectivity index (χ0n) is 11.6. The Labute approximate surface area is 116 Å². The van der Waals surface area contributed by atoms with E-state index >= 15 is 0 Å². The van der Waals surface area contributed by atoms with Crippen molar-refractivity contribution in [3.05, 3.63) is 28.8 Å². The van der Waals surface area contributed by atoms with Gasteiger partial charge in [0.1, 0.15) is 5.75 Å². The summed E-state index contributed by atoms with van der Waals surface area (Å²) in [5.41, 5.74) is 1.06. The van der Waals surface area contributed by atoms with Gasteiger partial charge in [-0.05, 0) is 37.4 Å². The lowest BCUT2D eigenvalue weighted by molar-refractivity contribution is 0.294. The van der Waals surface area contributed by atoms with E-state index in [1.54, 1.807) is 0 Å². The van der Waals surface area contributed by atoms with Gasteiger partial charge >= 0.3 is 0 Å². The van der Waals surface area contributed by atoms with Crippen LogP contribution in [0.15, 0.2) is 18.2 Å². The van der Waals surface area contributed by atoms with Crippen LogP contribution in [-0.4, -0.2) is 13.2 Å². The first kappa shape index (κ1) is 15.3. The molecule has 0 saturated carbocycles. The van der Waals surface area contributed by atoms with Crippen molar-refractivity contribution in [2.75, 3.05) is 13.2 Å². The lowest BCUT2D eigenvalue weighted by Gasteiger charge is -2.13. The maximum Gasteiger partial charge on any atom is 0.125 e. The highest BCUT2D eigenvalue weighted by atomic mass is 35.5. The van der Waals surface area contributed by atoms with E-state index in [-0.39, 0.29) is 0 Å². The first-order valence-electron chi connectivity index (χ1n) is 6.76. The number of hydrogen-bond acceptors (Lipinski definition) is 2. The molecule has 0 atom stereocenters. The summed E-state index contributed by atoms with van der Waals surface area (Å²) in [7, 11) is 0. The van der Waals surface area contributed by atoms with Crippen LogP contribution in [0.1, 0.15) is 39.2 Å². The lowest BCUT2D eigenvalue weighted by atomic mass is 10.1. The maximum absolute atomic E-state index is 6.21. The smallest absolute Gasteiger partial charge is 0.125 e. The third-order valence-corrected chi connectivity index (χ3v) is 3.17. The number of nitrogens with one attached hydrogen (secondary N) is 1. The van der Waals surface area contributed by atoms with Crippen LogP contribution in [0.25, 0.3) is 0 Å². The van der Waals surface area contributed by atoms with Crippen molar-refractivity contribution in [1.82, 2.24) is 5.32 Å². The Hall–Kier alpha value is -0.730. The van der Waals surface area contributed by atoms with Crippen LogP contribution in [0, 0.1) is 5.92 Å². The molecule has 1 N–H and O–H groups in total. The molecule has 0 aliphatic rings. The Bertz CT molecular complexity index is 352. The molecular formula is C15H24ClNO. The summed E-state index contributed by atoms with van der Waals surface area (Å²) in [6.45, 7) is 9.00. The second kappa shape index (κ2) is 8.39. The average Bonchev–Trinajstić information content (AvgIpc) is 2.33. The van der Waals surface area contributed by atoms with Crippen molar-refractivity contribution in [2.45, 2.75) is 40.2 Å². The Morgan fingerprint density at radius 1 is 1.33 bits per heavy atom. The highest BCUT2D eigenvalue weighted by Crippen LogP contribution is 2.26. The predicted octanol–water partition coefficient (Wildman–Crippen LogP) is 4.26. The van der Waals surface area contributed by atoms with Crippen molar-refractivity contribution >= 4 is 11.6 Å². The summed E-state index contributed by atoms with van der Waals surface area (Å²) in [6, 6.07) is 5.85. The minimum absolute atomic E-state index is 0.731. The monoisotopic (exact) mass is 269 g/mol. The van der Waals surface area contributed by atoms with E-state index in [2.05, 4.69) is 26.1 Å². The Morgan fingerprint density at radius 3 is 2.78 bits per heavy atom. The molecule has 0 saturated heterocycles. The van der Waals surface area contributed by atoms with Gasteiger partial charge in [0, 0.05) is 17.1 Å². The van der Waals surface area contributed by atoms with E-state index in [0.717, 1.165) is 48.4 Å². The van der Waals surface area contributed by atoms with E-state index in [4.69, 9.17) is 16.3 Å². The molecule has 0 aromatic heterocycles. The summed E-state index contributed by atoms with van der Waals surface area (Å²) in [6.07, 6.45) is 2.29.